The molecule has 5 heteroatoms. The van der Waals surface area contributed by atoms with E-state index in [-0.39, 0.29) is 11.9 Å². The Labute approximate surface area is 125 Å². The average molecular weight is 299 g/mol. The molecule has 1 atom stereocenters. The van der Waals surface area contributed by atoms with Gasteiger partial charge < -0.3 is 15.4 Å². The summed E-state index contributed by atoms with van der Waals surface area (Å²) in [4.78, 5) is 11.1. The number of ether oxygens (including phenoxy) is 1. The first-order chi connectivity index (χ1) is 9.58. The van der Waals surface area contributed by atoms with Crippen molar-refractivity contribution in [1.82, 2.24) is 10.6 Å². The number of hydrogen-bond acceptors (Lipinski definition) is 3. The number of carbonyl (C=O) groups excluding carboxylic acids is 1. The van der Waals surface area contributed by atoms with Crippen LogP contribution in [0, 0.1) is 0 Å². The minimum Gasteiger partial charge on any atom is -0.491 e. The van der Waals surface area contributed by atoms with Gasteiger partial charge in [-0.3, -0.25) is 4.79 Å². The normalized spacial score (nSPS) is 12.0. The third-order valence-electron chi connectivity index (χ3n) is 3.02. The second-order valence-corrected chi connectivity index (χ2v) is 5.04. The molecule has 4 nitrogen and oxygen atoms in total. The van der Waals surface area contributed by atoms with Crippen LogP contribution in [0.2, 0.25) is 5.02 Å². The molecule has 1 aromatic rings. The first-order valence-electron chi connectivity index (χ1n) is 6.94. The predicted molar refractivity (Wildman–Crippen MR) is 82.3 cm³/mol. The molecule has 0 fully saturated rings. The van der Waals surface area contributed by atoms with E-state index in [2.05, 4.69) is 24.5 Å². The summed E-state index contributed by atoms with van der Waals surface area (Å²) < 4.78 is 5.51. The molecule has 0 aliphatic carbocycles. The van der Waals surface area contributed by atoms with Crippen molar-refractivity contribution in [3.8, 4) is 5.75 Å². The zero-order valence-corrected chi connectivity index (χ0v) is 13.1. The standard InChI is InChI=1S/C15H23ClN2O2/c1-4-8-18-11(2)12-5-6-14(13(16)10-12)20-9-7-15(19)17-3/h5-6,10-11,18H,4,7-9H2,1-3H3,(H,17,19). The van der Waals surface area contributed by atoms with Crippen LogP contribution < -0.4 is 15.4 Å². The number of carbonyl (C=O) groups is 1. The molecule has 0 aliphatic rings. The molecule has 0 saturated heterocycles. The lowest BCUT2D eigenvalue weighted by Crippen LogP contribution is -2.20. The van der Waals surface area contributed by atoms with Crippen molar-refractivity contribution in [1.29, 1.82) is 0 Å². The number of rotatable bonds is 8. The first kappa shape index (κ1) is 16.8. The van der Waals surface area contributed by atoms with Crippen LogP contribution in [0.5, 0.6) is 5.75 Å². The highest BCUT2D eigenvalue weighted by Crippen LogP contribution is 2.28. The van der Waals surface area contributed by atoms with Gasteiger partial charge in [-0.1, -0.05) is 24.6 Å². The molecule has 0 aliphatic heterocycles. The van der Waals surface area contributed by atoms with Gasteiger partial charge in [0, 0.05) is 13.1 Å². The molecule has 0 saturated carbocycles. The minimum absolute atomic E-state index is 0.0462. The zero-order valence-electron chi connectivity index (χ0n) is 12.3. The van der Waals surface area contributed by atoms with Crippen LogP contribution in [0.25, 0.3) is 0 Å². The fourth-order valence-corrected chi connectivity index (χ4v) is 2.00. The molecular formula is C15H23ClN2O2. The molecular weight excluding hydrogens is 276 g/mol. The summed E-state index contributed by atoms with van der Waals surface area (Å²) in [6.45, 7) is 5.54. The van der Waals surface area contributed by atoms with E-state index in [4.69, 9.17) is 16.3 Å². The van der Waals surface area contributed by atoms with Gasteiger partial charge in [0.15, 0.2) is 0 Å². The Morgan fingerprint density at radius 1 is 1.45 bits per heavy atom. The van der Waals surface area contributed by atoms with Gasteiger partial charge in [0.05, 0.1) is 18.1 Å². The topological polar surface area (TPSA) is 50.4 Å². The maximum Gasteiger partial charge on any atom is 0.223 e. The van der Waals surface area contributed by atoms with Crippen molar-refractivity contribution in [2.75, 3.05) is 20.2 Å². The van der Waals surface area contributed by atoms with E-state index in [0.717, 1.165) is 18.5 Å². The average Bonchev–Trinajstić information content (AvgIpc) is 2.46. The molecule has 0 aromatic heterocycles. The Bertz CT molecular complexity index is 438. The Hall–Kier alpha value is -1.26. The lowest BCUT2D eigenvalue weighted by molar-refractivity contribution is -0.121. The molecule has 1 aromatic carbocycles. The van der Waals surface area contributed by atoms with Crippen LogP contribution in [0.3, 0.4) is 0 Å². The summed E-state index contributed by atoms with van der Waals surface area (Å²) in [6.07, 6.45) is 1.42. The summed E-state index contributed by atoms with van der Waals surface area (Å²) in [6, 6.07) is 6.01. The lowest BCUT2D eigenvalue weighted by atomic mass is 10.1. The molecule has 112 valence electrons. The number of amides is 1. The molecule has 0 spiro atoms. The number of benzene rings is 1. The van der Waals surface area contributed by atoms with Gasteiger partial charge in [0.25, 0.3) is 0 Å². The van der Waals surface area contributed by atoms with E-state index in [0.29, 0.717) is 23.8 Å². The highest BCUT2D eigenvalue weighted by molar-refractivity contribution is 6.32. The molecule has 0 heterocycles. The second kappa shape index (κ2) is 8.82. The Balaban J connectivity index is 2.56. The van der Waals surface area contributed by atoms with Gasteiger partial charge in [-0.05, 0) is 37.6 Å². The van der Waals surface area contributed by atoms with Crippen LogP contribution in [0.1, 0.15) is 38.3 Å². The molecule has 1 rings (SSSR count). The maximum absolute atomic E-state index is 11.1. The van der Waals surface area contributed by atoms with Crippen molar-refractivity contribution in [3.05, 3.63) is 28.8 Å². The van der Waals surface area contributed by atoms with E-state index in [1.54, 1.807) is 7.05 Å². The van der Waals surface area contributed by atoms with Gasteiger partial charge in [-0.15, -0.1) is 0 Å². The smallest absolute Gasteiger partial charge is 0.223 e. The molecule has 1 unspecified atom stereocenters. The zero-order chi connectivity index (χ0) is 15.0. The minimum atomic E-state index is -0.0462. The SMILES string of the molecule is CCCNC(C)c1ccc(OCCC(=O)NC)c(Cl)c1. The van der Waals surface area contributed by atoms with E-state index in [1.165, 1.54) is 0 Å². The fourth-order valence-electron chi connectivity index (χ4n) is 1.76. The van der Waals surface area contributed by atoms with Crippen LogP contribution >= 0.6 is 11.6 Å². The highest BCUT2D eigenvalue weighted by Gasteiger charge is 2.09. The maximum atomic E-state index is 11.1. The first-order valence-corrected chi connectivity index (χ1v) is 7.32. The molecule has 0 radical (unpaired) electrons. The van der Waals surface area contributed by atoms with E-state index in [9.17, 15) is 4.79 Å². The number of halogens is 1. The Morgan fingerprint density at radius 2 is 2.20 bits per heavy atom. The Kier molecular flexibility index (Phi) is 7.41. The van der Waals surface area contributed by atoms with Crippen molar-refractivity contribution in [2.24, 2.45) is 0 Å². The molecule has 2 N–H and O–H groups in total. The number of nitrogens with one attached hydrogen (secondary N) is 2. The van der Waals surface area contributed by atoms with Gasteiger partial charge in [-0.2, -0.15) is 0 Å². The predicted octanol–water partition coefficient (Wildman–Crippen LogP) is 2.92. The van der Waals surface area contributed by atoms with Crippen LogP contribution in [-0.2, 0) is 4.79 Å². The summed E-state index contributed by atoms with van der Waals surface area (Å²) in [7, 11) is 1.61. The van der Waals surface area contributed by atoms with Crippen molar-refractivity contribution in [2.45, 2.75) is 32.7 Å². The van der Waals surface area contributed by atoms with Crippen LogP contribution in [-0.4, -0.2) is 26.1 Å². The van der Waals surface area contributed by atoms with Crippen LogP contribution in [0.15, 0.2) is 18.2 Å². The van der Waals surface area contributed by atoms with E-state index < -0.39 is 0 Å². The van der Waals surface area contributed by atoms with Gasteiger partial charge in [0.2, 0.25) is 5.91 Å². The summed E-state index contributed by atoms with van der Waals surface area (Å²) in [5.41, 5.74) is 1.13. The molecule has 0 bridgehead atoms. The number of hydrogen-bond donors (Lipinski definition) is 2. The quantitative estimate of drug-likeness (QED) is 0.776. The monoisotopic (exact) mass is 298 g/mol. The van der Waals surface area contributed by atoms with Crippen LogP contribution in [0.4, 0.5) is 0 Å². The lowest BCUT2D eigenvalue weighted by Gasteiger charge is -2.15. The van der Waals surface area contributed by atoms with Crippen molar-refractivity contribution < 1.29 is 9.53 Å². The fraction of sp³-hybridized carbons (Fsp3) is 0.533. The molecule has 1 amide bonds. The van der Waals surface area contributed by atoms with Crippen molar-refractivity contribution >= 4 is 17.5 Å². The summed E-state index contributed by atoms with van der Waals surface area (Å²) in [5, 5.41) is 6.53. The van der Waals surface area contributed by atoms with E-state index >= 15 is 0 Å². The van der Waals surface area contributed by atoms with Gasteiger partial charge >= 0.3 is 0 Å². The van der Waals surface area contributed by atoms with Gasteiger partial charge in [0.1, 0.15) is 5.75 Å². The summed E-state index contributed by atoms with van der Waals surface area (Å²) >= 11 is 6.20. The summed E-state index contributed by atoms with van der Waals surface area (Å²) in [5.74, 6) is 0.567. The Morgan fingerprint density at radius 3 is 2.80 bits per heavy atom. The third kappa shape index (κ3) is 5.39. The third-order valence-corrected chi connectivity index (χ3v) is 3.32. The second-order valence-electron chi connectivity index (χ2n) is 4.64. The largest absolute Gasteiger partial charge is 0.491 e. The van der Waals surface area contributed by atoms with Gasteiger partial charge in [-0.25, -0.2) is 0 Å². The molecule has 20 heavy (non-hydrogen) atoms. The highest BCUT2D eigenvalue weighted by atomic mass is 35.5. The van der Waals surface area contributed by atoms with Crippen molar-refractivity contribution in [3.63, 3.8) is 0 Å². The van der Waals surface area contributed by atoms with E-state index in [1.807, 2.05) is 18.2 Å².